The van der Waals surface area contributed by atoms with Gasteiger partial charge in [-0.1, -0.05) is 17.7 Å². The van der Waals surface area contributed by atoms with Gasteiger partial charge in [-0.25, -0.2) is 0 Å². The lowest BCUT2D eigenvalue weighted by molar-refractivity contribution is 0.0561. The number of unbranched alkanes of at least 4 members (excludes halogenated alkanes) is 1. The number of aryl methyl sites for hydroxylation is 1. The lowest BCUT2D eigenvalue weighted by atomic mass is 9.84. The molecule has 1 aromatic carbocycles. The molecule has 3 aromatic rings. The Kier molecular flexibility index (Phi) is 6.12. The van der Waals surface area contributed by atoms with Crippen LogP contribution in [0.5, 0.6) is 0 Å². The van der Waals surface area contributed by atoms with Crippen LogP contribution in [0.1, 0.15) is 36.1 Å². The third kappa shape index (κ3) is 4.02. The number of hydrogen-bond donors (Lipinski definition) is 1. The number of halogens is 1. The van der Waals surface area contributed by atoms with E-state index in [9.17, 15) is 0 Å². The molecule has 1 aliphatic heterocycles. The van der Waals surface area contributed by atoms with Crippen LogP contribution in [0.25, 0.3) is 10.9 Å². The molecule has 0 spiro atoms. The number of aromatic nitrogens is 1. The highest BCUT2D eigenvalue weighted by Crippen LogP contribution is 2.39. The number of likely N-dealkylation sites (tertiary alicyclic amines) is 1. The zero-order valence-corrected chi connectivity index (χ0v) is 18.5. The van der Waals surface area contributed by atoms with E-state index < -0.39 is 0 Å². The number of hydrogen-bond acceptors (Lipinski definition) is 3. The van der Waals surface area contributed by atoms with E-state index in [0.717, 1.165) is 11.4 Å². The number of nitrogens with zero attached hydrogens (tertiary/aromatic N) is 2. The zero-order valence-electron chi connectivity index (χ0n) is 16.9. The number of fused-ring (bicyclic) bond motifs is 1. The van der Waals surface area contributed by atoms with Gasteiger partial charge in [0.2, 0.25) is 0 Å². The first-order valence-corrected chi connectivity index (χ1v) is 11.5. The van der Waals surface area contributed by atoms with Crippen LogP contribution in [0, 0.1) is 0 Å². The Morgan fingerprint density at radius 2 is 2.00 bits per heavy atom. The maximum Gasteiger partial charge on any atom is 0.0573 e. The number of thiophene rings is 1. The normalized spacial score (nSPS) is 17.6. The Labute approximate surface area is 177 Å². The highest BCUT2D eigenvalue weighted by atomic mass is 35.5. The first kappa shape index (κ1) is 20.0. The van der Waals surface area contributed by atoms with Gasteiger partial charge in [0, 0.05) is 40.1 Å². The Balaban J connectivity index is 1.27. The summed E-state index contributed by atoms with van der Waals surface area (Å²) in [6.45, 7) is 3.59. The number of H-pyrrole nitrogens is 1. The molecule has 1 saturated heterocycles. The average Bonchev–Trinajstić information content (AvgIpc) is 3.36. The second kappa shape index (κ2) is 8.58. The Bertz CT molecular complexity index is 892. The van der Waals surface area contributed by atoms with Crippen molar-refractivity contribution in [3.8, 4) is 0 Å². The van der Waals surface area contributed by atoms with Crippen molar-refractivity contribution in [1.29, 1.82) is 0 Å². The summed E-state index contributed by atoms with van der Waals surface area (Å²) >= 11 is 8.08. The molecule has 0 amide bonds. The second-order valence-corrected chi connectivity index (χ2v) is 9.59. The highest BCUT2D eigenvalue weighted by molar-refractivity contribution is 7.10. The van der Waals surface area contributed by atoms with Crippen LogP contribution in [0.2, 0.25) is 5.02 Å². The van der Waals surface area contributed by atoms with Crippen molar-refractivity contribution in [1.82, 2.24) is 14.8 Å². The van der Waals surface area contributed by atoms with Crippen molar-refractivity contribution in [2.45, 2.75) is 37.6 Å². The third-order valence-electron chi connectivity index (χ3n) is 6.42. The van der Waals surface area contributed by atoms with Crippen LogP contribution < -0.4 is 0 Å². The fourth-order valence-electron chi connectivity index (χ4n) is 4.61. The Morgan fingerprint density at radius 1 is 1.18 bits per heavy atom. The summed E-state index contributed by atoms with van der Waals surface area (Å²) in [6, 6.07) is 10.6. The predicted molar refractivity (Wildman–Crippen MR) is 122 cm³/mol. The zero-order chi connectivity index (χ0) is 19.6. The number of piperidine rings is 1. The van der Waals surface area contributed by atoms with Crippen molar-refractivity contribution < 1.29 is 0 Å². The second-order valence-electron chi connectivity index (χ2n) is 8.21. The van der Waals surface area contributed by atoms with E-state index in [0.29, 0.717) is 0 Å². The van der Waals surface area contributed by atoms with Gasteiger partial charge < -0.3 is 9.88 Å². The van der Waals surface area contributed by atoms with Crippen LogP contribution >= 0.6 is 22.9 Å². The molecule has 0 unspecified atom stereocenters. The van der Waals surface area contributed by atoms with E-state index in [1.165, 1.54) is 66.7 Å². The van der Waals surface area contributed by atoms with Crippen molar-refractivity contribution in [2.75, 3.05) is 33.7 Å². The van der Waals surface area contributed by atoms with Gasteiger partial charge in [0.15, 0.2) is 0 Å². The largest absolute Gasteiger partial charge is 0.361 e. The van der Waals surface area contributed by atoms with Gasteiger partial charge in [-0.3, -0.25) is 4.90 Å². The minimum absolute atomic E-state index is 0.230. The van der Waals surface area contributed by atoms with Crippen LogP contribution in [-0.2, 0) is 12.0 Å². The van der Waals surface area contributed by atoms with Crippen molar-refractivity contribution in [2.24, 2.45) is 0 Å². The molecule has 0 aliphatic carbocycles. The molecule has 1 N–H and O–H groups in total. The summed E-state index contributed by atoms with van der Waals surface area (Å²) in [5.41, 5.74) is 2.80. The smallest absolute Gasteiger partial charge is 0.0573 e. The molecular weight excluding hydrogens is 386 g/mol. The van der Waals surface area contributed by atoms with E-state index in [-0.39, 0.29) is 5.54 Å². The minimum Gasteiger partial charge on any atom is -0.361 e. The summed E-state index contributed by atoms with van der Waals surface area (Å²) in [4.78, 5) is 9.99. The molecule has 1 fully saturated rings. The number of benzene rings is 1. The maximum absolute atomic E-state index is 6.17. The van der Waals surface area contributed by atoms with Gasteiger partial charge in [-0.05, 0) is 88.0 Å². The van der Waals surface area contributed by atoms with E-state index in [4.69, 9.17) is 11.6 Å². The summed E-state index contributed by atoms with van der Waals surface area (Å²) in [5, 5.41) is 4.30. The molecule has 150 valence electrons. The molecule has 4 rings (SSSR count). The molecule has 3 heterocycles. The van der Waals surface area contributed by atoms with Crippen molar-refractivity contribution in [3.05, 3.63) is 57.4 Å². The topological polar surface area (TPSA) is 22.3 Å². The molecule has 2 aromatic heterocycles. The molecule has 3 nitrogen and oxygen atoms in total. The van der Waals surface area contributed by atoms with Crippen molar-refractivity contribution in [3.63, 3.8) is 0 Å². The van der Waals surface area contributed by atoms with E-state index >= 15 is 0 Å². The lowest BCUT2D eigenvalue weighted by Crippen LogP contribution is -2.50. The van der Waals surface area contributed by atoms with Gasteiger partial charge in [0.25, 0.3) is 0 Å². The van der Waals surface area contributed by atoms with E-state index in [1.54, 1.807) is 0 Å². The highest BCUT2D eigenvalue weighted by Gasteiger charge is 2.38. The number of aromatic amines is 1. The SMILES string of the molecule is CN(C)C1(c2cccs2)CCN(CCCCc2c[nH]c3ccc(Cl)cc23)CC1. The quantitative estimate of drug-likeness (QED) is 0.495. The van der Waals surface area contributed by atoms with Gasteiger partial charge in [-0.15, -0.1) is 11.3 Å². The molecule has 28 heavy (non-hydrogen) atoms. The summed E-state index contributed by atoms with van der Waals surface area (Å²) in [5.74, 6) is 0. The van der Waals surface area contributed by atoms with Crippen LogP contribution in [0.3, 0.4) is 0 Å². The predicted octanol–water partition coefficient (Wildman–Crippen LogP) is 5.76. The first-order valence-electron chi connectivity index (χ1n) is 10.3. The van der Waals surface area contributed by atoms with Gasteiger partial charge >= 0.3 is 0 Å². The molecular formula is C23H30ClN3S. The lowest BCUT2D eigenvalue weighted by Gasteiger charge is -2.45. The summed E-state index contributed by atoms with van der Waals surface area (Å²) in [7, 11) is 4.48. The maximum atomic E-state index is 6.17. The fraction of sp³-hybridized carbons (Fsp3) is 0.478. The molecule has 0 bridgehead atoms. The Hall–Kier alpha value is -1.33. The van der Waals surface area contributed by atoms with Gasteiger partial charge in [-0.2, -0.15) is 0 Å². The first-order chi connectivity index (χ1) is 13.6. The molecule has 0 radical (unpaired) electrons. The summed E-state index contributed by atoms with van der Waals surface area (Å²) in [6.07, 6.45) is 8.18. The summed E-state index contributed by atoms with van der Waals surface area (Å²) < 4.78 is 0. The minimum atomic E-state index is 0.230. The van der Waals surface area contributed by atoms with Gasteiger partial charge in [0.05, 0.1) is 5.54 Å². The molecule has 0 atom stereocenters. The van der Waals surface area contributed by atoms with Crippen LogP contribution in [0.4, 0.5) is 0 Å². The average molecular weight is 416 g/mol. The van der Waals surface area contributed by atoms with Crippen molar-refractivity contribution >= 4 is 33.8 Å². The standard InChI is InChI=1S/C23H30ClN3S/c1-26(2)23(22-7-5-15-28-22)10-13-27(14-11-23)12-4-3-6-18-17-25-21-9-8-19(24)16-20(18)21/h5,7-9,15-17,25H,3-4,6,10-14H2,1-2H3. The van der Waals surface area contributed by atoms with E-state index in [2.05, 4.69) is 64.7 Å². The monoisotopic (exact) mass is 415 g/mol. The molecule has 1 aliphatic rings. The number of nitrogens with one attached hydrogen (secondary N) is 1. The van der Waals surface area contributed by atoms with E-state index in [1.807, 2.05) is 17.4 Å². The molecule has 5 heteroatoms. The Morgan fingerprint density at radius 3 is 2.71 bits per heavy atom. The third-order valence-corrected chi connectivity index (χ3v) is 7.72. The number of rotatable bonds is 7. The molecule has 0 saturated carbocycles. The fourth-order valence-corrected chi connectivity index (χ4v) is 5.85. The van der Waals surface area contributed by atoms with Gasteiger partial charge in [0.1, 0.15) is 0 Å². The van der Waals surface area contributed by atoms with Crippen LogP contribution in [0.15, 0.2) is 41.9 Å². The van der Waals surface area contributed by atoms with Crippen LogP contribution in [-0.4, -0.2) is 48.5 Å².